The van der Waals surface area contributed by atoms with Gasteiger partial charge < -0.3 is 5.11 Å². The molecule has 23 heavy (non-hydrogen) atoms. The molecule has 0 aliphatic rings. The zero-order valence-corrected chi connectivity index (χ0v) is 15.3. The number of hydrogen-bond donors (Lipinski definition) is 1. The summed E-state index contributed by atoms with van der Waals surface area (Å²) in [6, 6.07) is 21.7. The number of rotatable bonds is 3. The molecule has 3 aromatic rings. The second kappa shape index (κ2) is 6.84. The minimum absolute atomic E-state index is 0.644. The Balaban J connectivity index is 2.06. The molecule has 0 aliphatic heterocycles. The third-order valence-corrected chi connectivity index (χ3v) is 5.27. The lowest BCUT2D eigenvalue weighted by Gasteiger charge is -2.20. The van der Waals surface area contributed by atoms with Crippen LogP contribution in [0.25, 0.3) is 10.8 Å². The van der Waals surface area contributed by atoms with Crippen molar-refractivity contribution in [2.45, 2.75) is 12.0 Å². The van der Waals surface area contributed by atoms with Gasteiger partial charge in [-0.25, -0.2) is 0 Å². The highest BCUT2D eigenvalue weighted by molar-refractivity contribution is 9.11. The zero-order valence-electron chi connectivity index (χ0n) is 12.1. The van der Waals surface area contributed by atoms with E-state index in [-0.39, 0.29) is 0 Å². The maximum Gasteiger partial charge on any atom is 0.101 e. The number of aliphatic hydroxyl groups excluding tert-OH is 1. The molecule has 0 saturated carbocycles. The van der Waals surface area contributed by atoms with Crippen molar-refractivity contribution in [2.75, 3.05) is 0 Å². The third-order valence-electron chi connectivity index (χ3n) is 3.88. The molecule has 0 spiro atoms. The quantitative estimate of drug-likeness (QED) is 0.578. The van der Waals surface area contributed by atoms with Crippen molar-refractivity contribution in [3.8, 4) is 6.07 Å². The van der Waals surface area contributed by atoms with E-state index >= 15 is 0 Å². The van der Waals surface area contributed by atoms with E-state index in [0.717, 1.165) is 25.3 Å². The molecule has 0 saturated heterocycles. The van der Waals surface area contributed by atoms with Gasteiger partial charge in [0.05, 0.1) is 6.07 Å². The number of nitrogens with zero attached hydrogens (tertiary/aromatic N) is 1. The number of benzene rings is 3. The molecule has 0 aromatic heterocycles. The Kier molecular flexibility index (Phi) is 4.82. The lowest BCUT2D eigenvalue weighted by Crippen LogP contribution is -2.10. The Morgan fingerprint density at radius 1 is 0.870 bits per heavy atom. The monoisotopic (exact) mass is 429 g/mol. The van der Waals surface area contributed by atoms with Crippen LogP contribution in [0.4, 0.5) is 0 Å². The molecule has 0 heterocycles. The van der Waals surface area contributed by atoms with E-state index in [9.17, 15) is 10.4 Å². The molecule has 4 heteroatoms. The predicted octanol–water partition coefficient (Wildman–Crippen LogP) is 5.71. The lowest BCUT2D eigenvalue weighted by atomic mass is 9.89. The summed E-state index contributed by atoms with van der Waals surface area (Å²) in [6.45, 7) is 0. The first kappa shape index (κ1) is 16.2. The van der Waals surface area contributed by atoms with E-state index < -0.39 is 12.0 Å². The highest BCUT2D eigenvalue weighted by Gasteiger charge is 2.26. The number of fused-ring (bicyclic) bond motifs is 1. The van der Waals surface area contributed by atoms with E-state index in [4.69, 9.17) is 0 Å². The van der Waals surface area contributed by atoms with Crippen molar-refractivity contribution in [3.63, 3.8) is 0 Å². The minimum atomic E-state index is -0.925. The van der Waals surface area contributed by atoms with E-state index in [1.165, 1.54) is 0 Å². The standard InChI is InChI=1S/C19H13Br2NO/c20-16-6-3-7-17(21)18(16)19(23)15(11-22)14-9-8-12-4-1-2-5-13(12)10-14/h1-10,15,19,23H/t15-,19+/m1/s1. The van der Waals surface area contributed by atoms with Crippen LogP contribution >= 0.6 is 31.9 Å². The largest absolute Gasteiger partial charge is 0.387 e. The molecule has 1 N–H and O–H groups in total. The normalized spacial score (nSPS) is 13.5. The summed E-state index contributed by atoms with van der Waals surface area (Å²) in [7, 11) is 0. The van der Waals surface area contributed by atoms with Gasteiger partial charge >= 0.3 is 0 Å². The molecule has 2 atom stereocenters. The highest BCUT2D eigenvalue weighted by Crippen LogP contribution is 2.39. The summed E-state index contributed by atoms with van der Waals surface area (Å²) >= 11 is 6.92. The number of aliphatic hydroxyl groups is 1. The maximum absolute atomic E-state index is 10.8. The second-order valence-corrected chi connectivity index (χ2v) is 7.00. The summed E-state index contributed by atoms with van der Waals surface area (Å²) in [5.74, 6) is -0.644. The van der Waals surface area contributed by atoms with Gasteiger partial charge in [0.2, 0.25) is 0 Å². The van der Waals surface area contributed by atoms with Crippen LogP contribution in [0.1, 0.15) is 23.1 Å². The van der Waals surface area contributed by atoms with E-state index in [2.05, 4.69) is 37.9 Å². The summed E-state index contributed by atoms with van der Waals surface area (Å²) in [4.78, 5) is 0. The van der Waals surface area contributed by atoms with Crippen molar-refractivity contribution in [3.05, 3.63) is 80.7 Å². The summed E-state index contributed by atoms with van der Waals surface area (Å²) in [5.41, 5.74) is 1.49. The van der Waals surface area contributed by atoms with Crippen LogP contribution in [-0.4, -0.2) is 5.11 Å². The van der Waals surface area contributed by atoms with Gasteiger partial charge in [0.15, 0.2) is 0 Å². The molecule has 0 bridgehead atoms. The summed E-state index contributed by atoms with van der Waals surface area (Å²) in [5, 5.41) is 22.6. The fourth-order valence-electron chi connectivity index (χ4n) is 2.69. The Labute approximate surface area is 151 Å². The van der Waals surface area contributed by atoms with Crippen molar-refractivity contribution in [2.24, 2.45) is 0 Å². The average Bonchev–Trinajstić information content (AvgIpc) is 2.55. The first-order valence-corrected chi connectivity index (χ1v) is 8.70. The van der Waals surface area contributed by atoms with Crippen LogP contribution < -0.4 is 0 Å². The minimum Gasteiger partial charge on any atom is -0.387 e. The van der Waals surface area contributed by atoms with Crippen LogP contribution in [0.5, 0.6) is 0 Å². The molecule has 114 valence electrons. The van der Waals surface area contributed by atoms with Gasteiger partial charge in [-0.1, -0.05) is 74.3 Å². The van der Waals surface area contributed by atoms with Crippen molar-refractivity contribution in [1.82, 2.24) is 0 Å². The number of hydrogen-bond acceptors (Lipinski definition) is 2. The first-order valence-electron chi connectivity index (χ1n) is 7.12. The molecule has 0 amide bonds. The highest BCUT2D eigenvalue weighted by atomic mass is 79.9. The van der Waals surface area contributed by atoms with Crippen LogP contribution in [0.3, 0.4) is 0 Å². The van der Waals surface area contributed by atoms with Crippen LogP contribution in [0.15, 0.2) is 69.6 Å². The molecular formula is C19H13Br2NO. The molecule has 3 aromatic carbocycles. The number of halogens is 2. The number of nitriles is 1. The topological polar surface area (TPSA) is 44.0 Å². The molecule has 0 aliphatic carbocycles. The van der Waals surface area contributed by atoms with Gasteiger partial charge in [-0.3, -0.25) is 0 Å². The maximum atomic E-state index is 10.8. The van der Waals surface area contributed by atoms with Gasteiger partial charge in [-0.2, -0.15) is 5.26 Å². The predicted molar refractivity (Wildman–Crippen MR) is 99.1 cm³/mol. The van der Waals surface area contributed by atoms with E-state index in [1.807, 2.05) is 60.7 Å². The fourth-order valence-corrected chi connectivity index (χ4v) is 4.16. The second-order valence-electron chi connectivity index (χ2n) is 5.29. The SMILES string of the molecule is N#C[C@H](c1ccc2ccccc2c1)[C@H](O)c1c(Br)cccc1Br. The fraction of sp³-hybridized carbons (Fsp3) is 0.105. The van der Waals surface area contributed by atoms with Crippen LogP contribution in [0.2, 0.25) is 0 Å². The smallest absolute Gasteiger partial charge is 0.101 e. The van der Waals surface area contributed by atoms with Crippen molar-refractivity contribution < 1.29 is 5.11 Å². The Hall–Kier alpha value is -1.67. The molecule has 0 unspecified atom stereocenters. The van der Waals surface area contributed by atoms with Crippen molar-refractivity contribution in [1.29, 1.82) is 5.26 Å². The molecule has 3 rings (SSSR count). The van der Waals surface area contributed by atoms with Gasteiger partial charge in [0, 0.05) is 14.5 Å². The first-order chi connectivity index (χ1) is 11.1. The van der Waals surface area contributed by atoms with Gasteiger partial charge in [0.1, 0.15) is 12.0 Å². The Morgan fingerprint density at radius 2 is 1.52 bits per heavy atom. The van der Waals surface area contributed by atoms with Crippen LogP contribution in [-0.2, 0) is 0 Å². The average molecular weight is 431 g/mol. The lowest BCUT2D eigenvalue weighted by molar-refractivity contribution is 0.162. The third kappa shape index (κ3) is 3.18. The summed E-state index contributed by atoms with van der Waals surface area (Å²) in [6.07, 6.45) is -0.925. The van der Waals surface area contributed by atoms with Gasteiger partial charge in [-0.15, -0.1) is 0 Å². The van der Waals surface area contributed by atoms with Gasteiger partial charge in [-0.05, 0) is 34.5 Å². The van der Waals surface area contributed by atoms with Crippen molar-refractivity contribution >= 4 is 42.6 Å². The Bertz CT molecular complexity index is 881. The molecule has 0 radical (unpaired) electrons. The van der Waals surface area contributed by atoms with Gasteiger partial charge in [0.25, 0.3) is 0 Å². The van der Waals surface area contributed by atoms with Crippen LogP contribution in [0, 0.1) is 11.3 Å². The molecule has 2 nitrogen and oxygen atoms in total. The zero-order chi connectivity index (χ0) is 16.4. The Morgan fingerprint density at radius 3 is 2.17 bits per heavy atom. The molecular weight excluding hydrogens is 418 g/mol. The van der Waals surface area contributed by atoms with E-state index in [0.29, 0.717) is 5.56 Å². The van der Waals surface area contributed by atoms with E-state index in [1.54, 1.807) is 0 Å². The molecule has 0 fully saturated rings. The summed E-state index contributed by atoms with van der Waals surface area (Å²) < 4.78 is 1.56.